The maximum Gasteiger partial charge on any atom is 0.243 e. The fourth-order valence-electron chi connectivity index (χ4n) is 2.78. The zero-order chi connectivity index (χ0) is 17.6. The topological polar surface area (TPSA) is 61.4 Å². The smallest absolute Gasteiger partial charge is 0.243 e. The van der Waals surface area contributed by atoms with Crippen LogP contribution in [-0.2, 0) is 9.59 Å². The maximum absolute atomic E-state index is 12.4. The number of carbonyl (C=O) groups excluding carboxylic acids is 2. The summed E-state index contributed by atoms with van der Waals surface area (Å²) in [7, 11) is 0. The minimum Gasteiger partial charge on any atom is -0.361 e. The highest BCUT2D eigenvalue weighted by atomic mass is 32.2. The first-order chi connectivity index (χ1) is 12.1. The molecule has 1 heterocycles. The van der Waals surface area contributed by atoms with Gasteiger partial charge >= 0.3 is 0 Å². The zero-order valence-corrected chi connectivity index (χ0v) is 14.9. The van der Waals surface area contributed by atoms with Gasteiger partial charge in [-0.1, -0.05) is 12.1 Å². The molecule has 2 aromatic rings. The van der Waals surface area contributed by atoms with Crippen LogP contribution in [0.1, 0.15) is 13.3 Å². The highest BCUT2D eigenvalue weighted by molar-refractivity contribution is 7.99. The van der Waals surface area contributed by atoms with Crippen molar-refractivity contribution in [2.45, 2.75) is 18.2 Å². The summed E-state index contributed by atoms with van der Waals surface area (Å²) in [4.78, 5) is 26.8. The van der Waals surface area contributed by atoms with Gasteiger partial charge in [0.25, 0.3) is 0 Å². The van der Waals surface area contributed by atoms with Gasteiger partial charge in [0.05, 0.1) is 12.2 Å². The number of hydrogen-bond acceptors (Lipinski definition) is 4. The first-order valence-corrected chi connectivity index (χ1v) is 9.24. The van der Waals surface area contributed by atoms with E-state index in [2.05, 4.69) is 27.7 Å². The predicted octanol–water partition coefficient (Wildman–Crippen LogP) is 3.59. The van der Waals surface area contributed by atoms with Crippen molar-refractivity contribution in [3.05, 3.63) is 48.5 Å². The average Bonchev–Trinajstić information content (AvgIpc) is 2.79. The van der Waals surface area contributed by atoms with Gasteiger partial charge in [0.15, 0.2) is 0 Å². The van der Waals surface area contributed by atoms with Crippen LogP contribution in [0.4, 0.5) is 17.1 Å². The van der Waals surface area contributed by atoms with Crippen LogP contribution < -0.4 is 15.5 Å². The monoisotopic (exact) mass is 355 g/mol. The first kappa shape index (κ1) is 17.4. The number of nitrogens with one attached hydrogen (secondary N) is 2. The Labute approximate surface area is 151 Å². The predicted molar refractivity (Wildman–Crippen MR) is 103 cm³/mol. The van der Waals surface area contributed by atoms with Gasteiger partial charge in [0.2, 0.25) is 11.8 Å². The second kappa shape index (κ2) is 8.07. The van der Waals surface area contributed by atoms with E-state index in [-0.39, 0.29) is 11.8 Å². The third-order valence-electron chi connectivity index (χ3n) is 3.86. The lowest BCUT2D eigenvalue weighted by Gasteiger charge is -2.23. The second-order valence-corrected chi connectivity index (χ2v) is 7.03. The Morgan fingerprint density at radius 2 is 1.72 bits per heavy atom. The number of carbonyl (C=O) groups is 2. The Balaban J connectivity index is 1.63. The summed E-state index contributed by atoms with van der Waals surface area (Å²) in [6, 6.07) is 15.3. The molecule has 0 atom stereocenters. The summed E-state index contributed by atoms with van der Waals surface area (Å²) >= 11 is 1.84. The first-order valence-electron chi connectivity index (χ1n) is 8.26. The van der Waals surface area contributed by atoms with E-state index >= 15 is 0 Å². The summed E-state index contributed by atoms with van der Waals surface area (Å²) in [5.41, 5.74) is 2.56. The van der Waals surface area contributed by atoms with E-state index in [0.717, 1.165) is 30.1 Å². The number of thioether (sulfide) groups is 1. The van der Waals surface area contributed by atoms with Crippen LogP contribution in [0.25, 0.3) is 0 Å². The molecule has 2 N–H and O–H groups in total. The molecular formula is C19H21N3O2S. The van der Waals surface area contributed by atoms with Crippen molar-refractivity contribution in [1.82, 2.24) is 0 Å². The minimum atomic E-state index is -0.116. The van der Waals surface area contributed by atoms with E-state index in [4.69, 9.17) is 0 Å². The molecule has 2 aromatic carbocycles. The summed E-state index contributed by atoms with van der Waals surface area (Å²) in [6.45, 7) is 2.66. The van der Waals surface area contributed by atoms with Crippen LogP contribution in [0.5, 0.6) is 0 Å². The number of para-hydroxylation sites is 1. The van der Waals surface area contributed by atoms with Gasteiger partial charge in [-0.15, -0.1) is 11.8 Å². The summed E-state index contributed by atoms with van der Waals surface area (Å²) in [5.74, 6) is 0.906. The number of anilines is 3. The van der Waals surface area contributed by atoms with Gasteiger partial charge in [0, 0.05) is 29.7 Å². The van der Waals surface area contributed by atoms with Crippen LogP contribution in [0.3, 0.4) is 0 Å². The number of nitrogens with zero attached hydrogens (tertiary/aromatic N) is 1. The molecule has 0 fully saturated rings. The lowest BCUT2D eigenvalue weighted by Crippen LogP contribution is -2.34. The van der Waals surface area contributed by atoms with E-state index in [1.807, 2.05) is 23.9 Å². The Kier molecular flexibility index (Phi) is 5.60. The Morgan fingerprint density at radius 3 is 2.44 bits per heavy atom. The van der Waals surface area contributed by atoms with Gasteiger partial charge in [-0.05, 0) is 48.6 Å². The quantitative estimate of drug-likeness (QED) is 0.880. The Bertz CT molecular complexity index is 762. The molecule has 0 bridgehead atoms. The second-order valence-electron chi connectivity index (χ2n) is 5.90. The van der Waals surface area contributed by atoms with Crippen LogP contribution in [0, 0.1) is 0 Å². The minimum absolute atomic E-state index is 0.0472. The van der Waals surface area contributed by atoms with Crippen molar-refractivity contribution in [3.8, 4) is 0 Å². The van der Waals surface area contributed by atoms with Crippen molar-refractivity contribution in [2.24, 2.45) is 0 Å². The molecule has 0 spiro atoms. The van der Waals surface area contributed by atoms with Gasteiger partial charge < -0.3 is 15.5 Å². The largest absolute Gasteiger partial charge is 0.361 e. The molecular weight excluding hydrogens is 334 g/mol. The van der Waals surface area contributed by atoms with Crippen LogP contribution in [0.15, 0.2) is 53.4 Å². The maximum atomic E-state index is 12.4. The Morgan fingerprint density at radius 1 is 1.04 bits per heavy atom. The molecule has 0 saturated carbocycles. The van der Waals surface area contributed by atoms with Gasteiger partial charge in [-0.3, -0.25) is 9.59 Å². The highest BCUT2D eigenvalue weighted by Crippen LogP contribution is 2.33. The molecule has 6 heteroatoms. The van der Waals surface area contributed by atoms with Gasteiger partial charge in [-0.25, -0.2) is 0 Å². The number of benzene rings is 2. The molecule has 0 aromatic heterocycles. The van der Waals surface area contributed by atoms with Gasteiger partial charge in [0.1, 0.15) is 0 Å². The molecule has 0 radical (unpaired) electrons. The normalized spacial score (nSPS) is 13.6. The van der Waals surface area contributed by atoms with Crippen molar-refractivity contribution in [2.75, 3.05) is 34.4 Å². The average molecular weight is 355 g/mol. The molecule has 5 nitrogen and oxygen atoms in total. The summed E-state index contributed by atoms with van der Waals surface area (Å²) < 4.78 is 0. The highest BCUT2D eigenvalue weighted by Gasteiger charge is 2.17. The molecule has 0 aliphatic carbocycles. The van der Waals surface area contributed by atoms with E-state index in [9.17, 15) is 9.59 Å². The molecule has 25 heavy (non-hydrogen) atoms. The van der Waals surface area contributed by atoms with Crippen molar-refractivity contribution in [3.63, 3.8) is 0 Å². The van der Waals surface area contributed by atoms with E-state index in [1.165, 1.54) is 11.8 Å². The van der Waals surface area contributed by atoms with E-state index < -0.39 is 0 Å². The van der Waals surface area contributed by atoms with Crippen LogP contribution in [0.2, 0.25) is 0 Å². The molecule has 0 saturated heterocycles. The lowest BCUT2D eigenvalue weighted by molar-refractivity contribution is -0.115. The van der Waals surface area contributed by atoms with Crippen molar-refractivity contribution < 1.29 is 9.59 Å². The zero-order valence-electron chi connectivity index (χ0n) is 14.1. The molecule has 2 amide bonds. The van der Waals surface area contributed by atoms with Crippen molar-refractivity contribution >= 4 is 40.6 Å². The standard InChI is InChI=1S/C19H21N3O2S/c1-14(23)20-15-7-9-16(10-8-15)21-19(24)13-22-11-4-12-25-18-6-3-2-5-17(18)22/h2-3,5-10H,4,11-13H2,1H3,(H,20,23)(H,21,24). The lowest BCUT2D eigenvalue weighted by atomic mass is 10.2. The Hall–Kier alpha value is -2.47. The number of fused-ring (bicyclic) bond motifs is 1. The molecule has 1 aliphatic heterocycles. The van der Waals surface area contributed by atoms with E-state index in [1.54, 1.807) is 24.3 Å². The fraction of sp³-hybridized carbons (Fsp3) is 0.263. The third kappa shape index (κ3) is 4.76. The van der Waals surface area contributed by atoms with Crippen LogP contribution in [-0.4, -0.2) is 30.7 Å². The summed E-state index contributed by atoms with van der Waals surface area (Å²) in [6.07, 6.45) is 1.05. The molecule has 3 rings (SSSR count). The number of hydrogen-bond donors (Lipinski definition) is 2. The van der Waals surface area contributed by atoms with Crippen LogP contribution >= 0.6 is 11.8 Å². The summed E-state index contributed by atoms with van der Waals surface area (Å²) in [5, 5.41) is 5.63. The molecule has 1 aliphatic rings. The van der Waals surface area contributed by atoms with Crippen molar-refractivity contribution in [1.29, 1.82) is 0 Å². The third-order valence-corrected chi connectivity index (χ3v) is 5.01. The fourth-order valence-corrected chi connectivity index (χ4v) is 3.79. The SMILES string of the molecule is CC(=O)Nc1ccc(NC(=O)CN2CCCSc3ccccc32)cc1. The van der Waals surface area contributed by atoms with Gasteiger partial charge in [-0.2, -0.15) is 0 Å². The molecule has 130 valence electrons. The molecule has 0 unspecified atom stereocenters. The number of rotatable bonds is 4. The van der Waals surface area contributed by atoms with E-state index in [0.29, 0.717) is 12.2 Å². The number of amides is 2.